The second-order valence-corrected chi connectivity index (χ2v) is 6.16. The lowest BCUT2D eigenvalue weighted by molar-refractivity contribution is 0.144. The summed E-state index contributed by atoms with van der Waals surface area (Å²) in [7, 11) is 0. The van der Waals surface area contributed by atoms with Crippen LogP contribution in [0.1, 0.15) is 6.42 Å². The van der Waals surface area contributed by atoms with E-state index >= 15 is 0 Å². The SMILES string of the molecule is O=C(Nc1ccccc1-c1ccc(F)c(Cl)c1)OCC1CCNC1. The van der Waals surface area contributed by atoms with E-state index in [-0.39, 0.29) is 5.02 Å². The van der Waals surface area contributed by atoms with Crippen LogP contribution >= 0.6 is 11.6 Å². The molecule has 4 nitrogen and oxygen atoms in total. The average Bonchev–Trinajstić information content (AvgIpc) is 3.10. The fraction of sp³-hybridized carbons (Fsp3) is 0.278. The third-order valence-electron chi connectivity index (χ3n) is 4.01. The Hall–Kier alpha value is -2.11. The summed E-state index contributed by atoms with van der Waals surface area (Å²) in [4.78, 5) is 12.0. The van der Waals surface area contributed by atoms with Gasteiger partial charge in [0.1, 0.15) is 5.82 Å². The molecule has 1 saturated heterocycles. The third kappa shape index (κ3) is 4.04. The number of para-hydroxylation sites is 1. The molecule has 1 atom stereocenters. The number of halogens is 2. The van der Waals surface area contributed by atoms with Crippen molar-refractivity contribution in [3.05, 3.63) is 53.3 Å². The van der Waals surface area contributed by atoms with E-state index < -0.39 is 11.9 Å². The van der Waals surface area contributed by atoms with Crippen molar-refractivity contribution in [1.82, 2.24) is 5.32 Å². The highest BCUT2D eigenvalue weighted by atomic mass is 35.5. The topological polar surface area (TPSA) is 50.4 Å². The Balaban J connectivity index is 1.71. The van der Waals surface area contributed by atoms with Crippen molar-refractivity contribution in [2.75, 3.05) is 25.0 Å². The molecule has 126 valence electrons. The number of hydrogen-bond acceptors (Lipinski definition) is 3. The number of nitrogens with one attached hydrogen (secondary N) is 2. The van der Waals surface area contributed by atoms with Gasteiger partial charge in [-0.15, -0.1) is 0 Å². The van der Waals surface area contributed by atoms with Crippen molar-refractivity contribution < 1.29 is 13.9 Å². The molecule has 1 amide bonds. The Morgan fingerprint density at radius 3 is 2.92 bits per heavy atom. The molecule has 2 aromatic carbocycles. The van der Waals surface area contributed by atoms with Crippen molar-refractivity contribution in [3.8, 4) is 11.1 Å². The van der Waals surface area contributed by atoms with Gasteiger partial charge in [-0.25, -0.2) is 9.18 Å². The minimum atomic E-state index is -0.498. The summed E-state index contributed by atoms with van der Waals surface area (Å²) in [5.41, 5.74) is 2.06. The fourth-order valence-electron chi connectivity index (χ4n) is 2.70. The van der Waals surface area contributed by atoms with Crippen molar-refractivity contribution in [2.24, 2.45) is 5.92 Å². The first kappa shape index (κ1) is 16.7. The lowest BCUT2D eigenvalue weighted by atomic mass is 10.0. The van der Waals surface area contributed by atoms with Crippen molar-refractivity contribution in [1.29, 1.82) is 0 Å². The molecule has 0 radical (unpaired) electrons. The zero-order chi connectivity index (χ0) is 16.9. The van der Waals surface area contributed by atoms with Crippen LogP contribution in [0.4, 0.5) is 14.9 Å². The average molecular weight is 349 g/mol. The second kappa shape index (κ2) is 7.64. The van der Waals surface area contributed by atoms with Crippen LogP contribution in [0.15, 0.2) is 42.5 Å². The third-order valence-corrected chi connectivity index (χ3v) is 4.30. The van der Waals surface area contributed by atoms with Crippen LogP contribution < -0.4 is 10.6 Å². The first-order valence-electron chi connectivity index (χ1n) is 7.82. The quantitative estimate of drug-likeness (QED) is 0.866. The van der Waals surface area contributed by atoms with Crippen LogP contribution in [0.5, 0.6) is 0 Å². The standard InChI is InChI=1S/C18H18ClFN2O2/c19-15-9-13(5-6-16(15)20)14-3-1-2-4-17(14)22-18(23)24-11-12-7-8-21-10-12/h1-6,9,12,21H,7-8,10-11H2,(H,22,23). The number of rotatable bonds is 4. The molecular weight excluding hydrogens is 331 g/mol. The van der Waals surface area contributed by atoms with Gasteiger partial charge in [-0.3, -0.25) is 5.32 Å². The smallest absolute Gasteiger partial charge is 0.411 e. The number of ether oxygens (including phenoxy) is 1. The number of carbonyl (C=O) groups excluding carboxylic acids is 1. The van der Waals surface area contributed by atoms with E-state index in [1.54, 1.807) is 12.1 Å². The second-order valence-electron chi connectivity index (χ2n) is 5.76. The van der Waals surface area contributed by atoms with Crippen LogP contribution in [0.25, 0.3) is 11.1 Å². The molecule has 6 heteroatoms. The predicted molar refractivity (Wildman–Crippen MR) is 92.8 cm³/mol. The Morgan fingerprint density at radius 2 is 2.17 bits per heavy atom. The van der Waals surface area contributed by atoms with E-state index in [1.807, 2.05) is 18.2 Å². The minimum Gasteiger partial charge on any atom is -0.449 e. The maximum absolute atomic E-state index is 13.3. The summed E-state index contributed by atoms with van der Waals surface area (Å²) in [6.07, 6.45) is 0.514. The summed E-state index contributed by atoms with van der Waals surface area (Å²) in [6.45, 7) is 2.23. The van der Waals surface area contributed by atoms with Gasteiger partial charge in [0.05, 0.1) is 17.3 Å². The molecule has 3 rings (SSSR count). The number of anilines is 1. The van der Waals surface area contributed by atoms with Gasteiger partial charge in [-0.1, -0.05) is 35.9 Å². The summed E-state index contributed by atoms with van der Waals surface area (Å²) in [5, 5.41) is 6.02. The zero-order valence-electron chi connectivity index (χ0n) is 13.0. The van der Waals surface area contributed by atoms with Crippen molar-refractivity contribution in [2.45, 2.75) is 6.42 Å². The molecule has 0 spiro atoms. The molecule has 1 aliphatic rings. The zero-order valence-corrected chi connectivity index (χ0v) is 13.8. The van der Waals surface area contributed by atoms with Crippen molar-refractivity contribution in [3.63, 3.8) is 0 Å². The molecule has 2 aromatic rings. The Kier molecular flexibility index (Phi) is 5.33. The van der Waals surface area contributed by atoms with Gasteiger partial charge >= 0.3 is 6.09 Å². The molecule has 0 aliphatic carbocycles. The molecule has 1 heterocycles. The highest BCUT2D eigenvalue weighted by Gasteiger charge is 2.17. The highest BCUT2D eigenvalue weighted by molar-refractivity contribution is 6.31. The van der Waals surface area contributed by atoms with Gasteiger partial charge in [0, 0.05) is 18.0 Å². The predicted octanol–water partition coefficient (Wildman–Crippen LogP) is 4.30. The largest absolute Gasteiger partial charge is 0.449 e. The van der Waals surface area contributed by atoms with Gasteiger partial charge in [0.25, 0.3) is 0 Å². The van der Waals surface area contributed by atoms with Crippen molar-refractivity contribution >= 4 is 23.4 Å². The van der Waals surface area contributed by atoms with E-state index in [0.717, 1.165) is 30.6 Å². The van der Waals surface area contributed by atoms with Crippen LogP contribution in [-0.4, -0.2) is 25.8 Å². The minimum absolute atomic E-state index is 0.0404. The van der Waals surface area contributed by atoms with Gasteiger partial charge in [-0.2, -0.15) is 0 Å². The molecule has 24 heavy (non-hydrogen) atoms. The van der Waals surface area contributed by atoms with Gasteiger partial charge in [-0.05, 0) is 36.7 Å². The molecular formula is C18H18ClFN2O2. The van der Waals surface area contributed by atoms with E-state index in [1.165, 1.54) is 12.1 Å². The van der Waals surface area contributed by atoms with Crippen LogP contribution in [0.3, 0.4) is 0 Å². The van der Waals surface area contributed by atoms with E-state index in [2.05, 4.69) is 10.6 Å². The van der Waals surface area contributed by atoms with E-state index in [4.69, 9.17) is 16.3 Å². The monoisotopic (exact) mass is 348 g/mol. The van der Waals surface area contributed by atoms with Crippen LogP contribution in [-0.2, 0) is 4.74 Å². The molecule has 1 fully saturated rings. The Labute approximate surface area is 145 Å². The normalized spacial score (nSPS) is 16.8. The summed E-state index contributed by atoms with van der Waals surface area (Å²) in [5.74, 6) is -0.114. The lowest BCUT2D eigenvalue weighted by Gasteiger charge is -2.13. The van der Waals surface area contributed by atoms with Gasteiger partial charge < -0.3 is 10.1 Å². The summed E-state index contributed by atoms with van der Waals surface area (Å²) < 4.78 is 18.6. The summed E-state index contributed by atoms with van der Waals surface area (Å²) >= 11 is 5.85. The summed E-state index contributed by atoms with van der Waals surface area (Å²) in [6, 6.07) is 11.7. The maximum atomic E-state index is 13.3. The maximum Gasteiger partial charge on any atom is 0.411 e. The molecule has 2 N–H and O–H groups in total. The van der Waals surface area contributed by atoms with Crippen LogP contribution in [0.2, 0.25) is 5.02 Å². The van der Waals surface area contributed by atoms with Crippen LogP contribution in [0, 0.1) is 11.7 Å². The molecule has 0 aromatic heterocycles. The van der Waals surface area contributed by atoms with E-state index in [0.29, 0.717) is 18.2 Å². The number of carbonyl (C=O) groups is 1. The molecule has 1 unspecified atom stereocenters. The first-order chi connectivity index (χ1) is 11.6. The fourth-order valence-corrected chi connectivity index (χ4v) is 2.88. The molecule has 0 saturated carbocycles. The first-order valence-corrected chi connectivity index (χ1v) is 8.20. The van der Waals surface area contributed by atoms with E-state index in [9.17, 15) is 9.18 Å². The van der Waals surface area contributed by atoms with Gasteiger partial charge in [0.2, 0.25) is 0 Å². The van der Waals surface area contributed by atoms with Gasteiger partial charge in [0.15, 0.2) is 0 Å². The Bertz CT molecular complexity index is 733. The number of hydrogen-bond donors (Lipinski definition) is 2. The highest BCUT2D eigenvalue weighted by Crippen LogP contribution is 2.30. The number of benzene rings is 2. The molecule has 1 aliphatic heterocycles. The Morgan fingerprint density at radius 1 is 1.33 bits per heavy atom. The lowest BCUT2D eigenvalue weighted by Crippen LogP contribution is -2.20. The molecule has 0 bridgehead atoms. The number of amides is 1.